The van der Waals surface area contributed by atoms with Crippen molar-refractivity contribution in [3.05, 3.63) is 63.5 Å². The number of nitrogens with one attached hydrogen (secondary N) is 1. The van der Waals surface area contributed by atoms with Crippen molar-refractivity contribution in [2.75, 3.05) is 0 Å². The molecule has 0 spiro atoms. The largest absolute Gasteiger partial charge is 0.478 e. The lowest BCUT2D eigenvalue weighted by atomic mass is 10.1. The summed E-state index contributed by atoms with van der Waals surface area (Å²) in [5.74, 6) is -1.22. The van der Waals surface area contributed by atoms with Gasteiger partial charge >= 0.3 is 17.3 Å². The number of nitrogens with zero attached hydrogens (tertiary/aromatic N) is 2. The minimum absolute atomic E-state index is 0.187. The molecule has 1 aromatic carbocycles. The number of H-pyrrole nitrogens is 1. The summed E-state index contributed by atoms with van der Waals surface area (Å²) in [5, 5.41) is 11.2. The summed E-state index contributed by atoms with van der Waals surface area (Å²) in [6.45, 7) is 4.87. The quantitative estimate of drug-likeness (QED) is 0.795. The molecule has 1 aromatic heterocycles. The lowest BCUT2D eigenvalue weighted by Crippen LogP contribution is -2.29. The van der Waals surface area contributed by atoms with Crippen LogP contribution in [0.4, 0.5) is 0 Å². The summed E-state index contributed by atoms with van der Waals surface area (Å²) in [6, 6.07) is 7.51. The van der Waals surface area contributed by atoms with Gasteiger partial charge in [-0.2, -0.15) is 0 Å². The highest BCUT2D eigenvalue weighted by Gasteiger charge is 2.20. The molecule has 7 nitrogen and oxygen atoms in total. The third kappa shape index (κ3) is 2.20. The molecule has 0 unspecified atom stereocenters. The SMILES string of the molecule is C=C(C(=O)O)[C@@H](C)n1[nH]c(=O)n(-c2ccccc2)c1=O. The van der Waals surface area contributed by atoms with E-state index in [1.165, 1.54) is 6.92 Å². The van der Waals surface area contributed by atoms with E-state index in [1.807, 2.05) is 0 Å². The first kappa shape index (κ1) is 13.6. The average molecular weight is 275 g/mol. The monoisotopic (exact) mass is 275 g/mol. The Labute approximate surface area is 113 Å². The van der Waals surface area contributed by atoms with Crippen molar-refractivity contribution < 1.29 is 9.90 Å². The van der Waals surface area contributed by atoms with Crippen LogP contribution in [-0.4, -0.2) is 25.4 Å². The van der Waals surface area contributed by atoms with Gasteiger partial charge in [-0.15, -0.1) is 0 Å². The summed E-state index contributed by atoms with van der Waals surface area (Å²) in [7, 11) is 0. The van der Waals surface area contributed by atoms with Crippen molar-refractivity contribution in [3.8, 4) is 5.69 Å². The Kier molecular flexibility index (Phi) is 3.43. The Morgan fingerprint density at radius 2 is 1.90 bits per heavy atom. The van der Waals surface area contributed by atoms with Gasteiger partial charge < -0.3 is 5.11 Å². The topological polar surface area (TPSA) is 97.1 Å². The number of carbonyl (C=O) groups is 1. The van der Waals surface area contributed by atoms with Gasteiger partial charge in [-0.25, -0.2) is 28.7 Å². The van der Waals surface area contributed by atoms with Crippen molar-refractivity contribution in [3.63, 3.8) is 0 Å². The third-order valence-electron chi connectivity index (χ3n) is 3.00. The number of rotatable bonds is 4. The highest BCUT2D eigenvalue weighted by Crippen LogP contribution is 2.11. The molecular formula is C13H13N3O4. The molecule has 0 amide bonds. The number of aliphatic carboxylic acids is 1. The minimum atomic E-state index is -1.22. The van der Waals surface area contributed by atoms with E-state index in [0.29, 0.717) is 5.69 Å². The number of carboxylic acids is 1. The van der Waals surface area contributed by atoms with E-state index in [4.69, 9.17) is 5.11 Å². The zero-order valence-corrected chi connectivity index (χ0v) is 10.7. The fraction of sp³-hybridized carbons (Fsp3) is 0.154. The van der Waals surface area contributed by atoms with Crippen LogP contribution in [-0.2, 0) is 4.79 Å². The summed E-state index contributed by atoms with van der Waals surface area (Å²) in [4.78, 5) is 35.0. The molecule has 0 aliphatic rings. The summed E-state index contributed by atoms with van der Waals surface area (Å²) in [6.07, 6.45) is 0. The first-order chi connectivity index (χ1) is 9.43. The number of aromatic amines is 1. The molecule has 2 N–H and O–H groups in total. The molecule has 1 heterocycles. The number of para-hydroxylation sites is 1. The molecule has 0 aliphatic heterocycles. The number of hydrogen-bond donors (Lipinski definition) is 2. The van der Waals surface area contributed by atoms with Crippen molar-refractivity contribution in [1.82, 2.24) is 14.3 Å². The van der Waals surface area contributed by atoms with Crippen LogP contribution in [0.15, 0.2) is 52.1 Å². The molecule has 2 aromatic rings. The number of hydrogen-bond acceptors (Lipinski definition) is 3. The van der Waals surface area contributed by atoms with Crippen LogP contribution in [0.1, 0.15) is 13.0 Å². The van der Waals surface area contributed by atoms with E-state index in [9.17, 15) is 14.4 Å². The molecule has 0 radical (unpaired) electrons. The Morgan fingerprint density at radius 3 is 2.45 bits per heavy atom. The standard InChI is InChI=1S/C13H13N3O4/c1-8(11(17)18)9(2)16-13(20)15(12(19)14-16)10-6-4-3-5-7-10/h3-7,9H,1H2,2H3,(H,14,19)(H,17,18)/t9-/m1/s1. The minimum Gasteiger partial charge on any atom is -0.478 e. The van der Waals surface area contributed by atoms with Crippen LogP contribution in [0, 0.1) is 0 Å². The second-order valence-electron chi connectivity index (χ2n) is 4.25. The van der Waals surface area contributed by atoms with Crippen molar-refractivity contribution in [2.45, 2.75) is 13.0 Å². The van der Waals surface area contributed by atoms with Crippen molar-refractivity contribution >= 4 is 5.97 Å². The first-order valence-corrected chi connectivity index (χ1v) is 5.84. The van der Waals surface area contributed by atoms with Crippen LogP contribution in [0.5, 0.6) is 0 Å². The second kappa shape index (κ2) is 5.04. The smallest absolute Gasteiger partial charge is 0.352 e. The lowest BCUT2D eigenvalue weighted by molar-refractivity contribution is -0.133. The number of carboxylic acid groups (broad SMARTS) is 1. The highest BCUT2D eigenvalue weighted by molar-refractivity contribution is 5.86. The van der Waals surface area contributed by atoms with E-state index >= 15 is 0 Å². The van der Waals surface area contributed by atoms with Crippen molar-refractivity contribution in [1.29, 1.82) is 0 Å². The van der Waals surface area contributed by atoms with Gasteiger partial charge in [0.15, 0.2) is 0 Å². The third-order valence-corrected chi connectivity index (χ3v) is 3.00. The van der Waals surface area contributed by atoms with Gasteiger partial charge in [-0.05, 0) is 19.1 Å². The Bertz CT molecular complexity index is 767. The van der Waals surface area contributed by atoms with Gasteiger partial charge in [0, 0.05) is 0 Å². The molecule has 0 fully saturated rings. The van der Waals surface area contributed by atoms with E-state index in [2.05, 4.69) is 11.7 Å². The molecule has 0 saturated heterocycles. The maximum Gasteiger partial charge on any atom is 0.352 e. The molecule has 7 heteroatoms. The normalized spacial score (nSPS) is 12.1. The van der Waals surface area contributed by atoms with Crippen LogP contribution >= 0.6 is 0 Å². The maximum atomic E-state index is 12.2. The fourth-order valence-corrected chi connectivity index (χ4v) is 1.80. The fourth-order valence-electron chi connectivity index (χ4n) is 1.80. The van der Waals surface area contributed by atoms with Gasteiger partial charge in [-0.3, -0.25) is 0 Å². The highest BCUT2D eigenvalue weighted by atomic mass is 16.4. The summed E-state index contributed by atoms with van der Waals surface area (Å²) in [5.41, 5.74) is -1.05. The van der Waals surface area contributed by atoms with Gasteiger partial charge in [0.1, 0.15) is 0 Å². The average Bonchev–Trinajstić information content (AvgIpc) is 2.73. The molecule has 104 valence electrons. The molecule has 2 rings (SSSR count). The second-order valence-corrected chi connectivity index (χ2v) is 4.25. The molecular weight excluding hydrogens is 262 g/mol. The predicted molar refractivity (Wildman–Crippen MR) is 72.1 cm³/mol. The number of aromatic nitrogens is 3. The first-order valence-electron chi connectivity index (χ1n) is 5.84. The maximum absolute atomic E-state index is 12.2. The van der Waals surface area contributed by atoms with Crippen LogP contribution < -0.4 is 11.4 Å². The zero-order valence-electron chi connectivity index (χ0n) is 10.7. The molecule has 1 atom stereocenters. The Morgan fingerprint density at radius 1 is 1.30 bits per heavy atom. The van der Waals surface area contributed by atoms with Crippen LogP contribution in [0.25, 0.3) is 5.69 Å². The predicted octanol–water partition coefficient (Wildman–Crippen LogP) is 0.529. The van der Waals surface area contributed by atoms with Gasteiger partial charge in [-0.1, -0.05) is 24.8 Å². The van der Waals surface area contributed by atoms with E-state index in [1.54, 1.807) is 30.3 Å². The Hall–Kier alpha value is -2.83. The molecule has 20 heavy (non-hydrogen) atoms. The summed E-state index contributed by atoms with van der Waals surface area (Å²) < 4.78 is 1.89. The van der Waals surface area contributed by atoms with E-state index in [-0.39, 0.29) is 5.57 Å². The van der Waals surface area contributed by atoms with Crippen LogP contribution in [0.2, 0.25) is 0 Å². The van der Waals surface area contributed by atoms with Gasteiger partial charge in [0.25, 0.3) is 0 Å². The van der Waals surface area contributed by atoms with Crippen LogP contribution in [0.3, 0.4) is 0 Å². The number of benzene rings is 1. The summed E-state index contributed by atoms with van der Waals surface area (Å²) >= 11 is 0. The van der Waals surface area contributed by atoms with Gasteiger partial charge in [0.05, 0.1) is 17.3 Å². The molecule has 0 aliphatic carbocycles. The Balaban J connectivity index is 2.56. The molecule has 0 bridgehead atoms. The zero-order chi connectivity index (χ0) is 14.9. The van der Waals surface area contributed by atoms with E-state index < -0.39 is 23.4 Å². The lowest BCUT2D eigenvalue weighted by Gasteiger charge is -2.10. The van der Waals surface area contributed by atoms with Gasteiger partial charge in [0.2, 0.25) is 0 Å². The van der Waals surface area contributed by atoms with Crippen molar-refractivity contribution in [2.24, 2.45) is 0 Å². The van der Waals surface area contributed by atoms with E-state index in [0.717, 1.165) is 9.25 Å². The molecule has 0 saturated carbocycles.